The van der Waals surface area contributed by atoms with Gasteiger partial charge < -0.3 is 15.0 Å². The summed E-state index contributed by atoms with van der Waals surface area (Å²) >= 11 is 6.18. The molecular formula is C15H14NO4S2-. The fourth-order valence-corrected chi connectivity index (χ4v) is 3.49. The van der Waals surface area contributed by atoms with Gasteiger partial charge in [0.25, 0.3) is 5.91 Å². The van der Waals surface area contributed by atoms with E-state index in [0.717, 1.165) is 16.7 Å². The van der Waals surface area contributed by atoms with Crippen molar-refractivity contribution in [3.05, 3.63) is 34.7 Å². The molecule has 1 saturated heterocycles. The molecule has 0 saturated carbocycles. The summed E-state index contributed by atoms with van der Waals surface area (Å²) in [6.07, 6.45) is 1.58. The number of thioether (sulfide) groups is 1. The van der Waals surface area contributed by atoms with Crippen LogP contribution in [0.4, 0.5) is 0 Å². The summed E-state index contributed by atoms with van der Waals surface area (Å²) in [6, 6.07) is 5.31. The highest BCUT2D eigenvalue weighted by molar-refractivity contribution is 8.26. The van der Waals surface area contributed by atoms with Gasteiger partial charge in [0, 0.05) is 0 Å². The number of thiocarbonyl (C=S) groups is 1. The summed E-state index contributed by atoms with van der Waals surface area (Å²) < 4.78 is 0.194. The largest absolute Gasteiger partial charge is 0.548 e. The Kier molecular flexibility index (Phi) is 4.87. The zero-order valence-electron chi connectivity index (χ0n) is 12.0. The first-order valence-electron chi connectivity index (χ1n) is 6.58. The molecule has 1 aliphatic rings. The molecule has 2 rings (SSSR count). The van der Waals surface area contributed by atoms with Crippen LogP contribution in [0.2, 0.25) is 0 Å². The van der Waals surface area contributed by atoms with Gasteiger partial charge in [-0.15, -0.1) is 0 Å². The van der Waals surface area contributed by atoms with E-state index in [9.17, 15) is 19.8 Å². The molecule has 0 aromatic heterocycles. The van der Waals surface area contributed by atoms with Crippen LogP contribution < -0.4 is 5.11 Å². The number of phenols is 1. The molecule has 1 fully saturated rings. The number of rotatable bonds is 4. The SMILES string of the molecule is CC(C)[C@H](C(=O)[O-])N1C(=O)/C(=C/c2cccc(O)c2)SC1=S. The standard InChI is InChI=1S/C15H15NO4S2/c1-8(2)12(14(19)20)16-13(18)11(22-15(16)21)7-9-4-3-5-10(17)6-9/h3-8,12,17H,1-2H3,(H,19,20)/p-1/b11-7-/t12-/m1/s1. The fourth-order valence-electron chi connectivity index (χ4n) is 2.16. The summed E-state index contributed by atoms with van der Waals surface area (Å²) in [4.78, 5) is 25.2. The molecule has 0 radical (unpaired) electrons. The van der Waals surface area contributed by atoms with Crippen LogP contribution >= 0.6 is 24.0 Å². The Morgan fingerprint density at radius 1 is 1.45 bits per heavy atom. The van der Waals surface area contributed by atoms with Gasteiger partial charge >= 0.3 is 0 Å². The van der Waals surface area contributed by atoms with Crippen molar-refractivity contribution in [2.24, 2.45) is 5.92 Å². The third-order valence-corrected chi connectivity index (χ3v) is 4.47. The number of nitrogens with zero attached hydrogens (tertiary/aromatic N) is 1. The maximum atomic E-state index is 12.5. The van der Waals surface area contributed by atoms with Crippen molar-refractivity contribution in [3.63, 3.8) is 0 Å². The van der Waals surface area contributed by atoms with Crippen LogP contribution in [0.3, 0.4) is 0 Å². The molecule has 116 valence electrons. The van der Waals surface area contributed by atoms with Gasteiger partial charge in [-0.25, -0.2) is 0 Å². The number of aromatic hydroxyl groups is 1. The number of phenolic OH excluding ortho intramolecular Hbond substituents is 1. The minimum atomic E-state index is -1.33. The van der Waals surface area contributed by atoms with Crippen LogP contribution in [-0.2, 0) is 9.59 Å². The molecule has 1 heterocycles. The lowest BCUT2D eigenvalue weighted by Crippen LogP contribution is -2.52. The summed E-state index contributed by atoms with van der Waals surface area (Å²) in [5.74, 6) is -2.03. The van der Waals surface area contributed by atoms with Crippen LogP contribution in [0, 0.1) is 5.92 Å². The van der Waals surface area contributed by atoms with E-state index in [1.807, 2.05) is 0 Å². The second kappa shape index (κ2) is 6.50. The Morgan fingerprint density at radius 2 is 2.14 bits per heavy atom. The van der Waals surface area contributed by atoms with Gasteiger partial charge in [-0.3, -0.25) is 9.69 Å². The molecular weight excluding hydrogens is 322 g/mol. The maximum Gasteiger partial charge on any atom is 0.266 e. The maximum absolute atomic E-state index is 12.5. The van der Waals surface area contributed by atoms with E-state index in [4.69, 9.17) is 12.2 Å². The number of aliphatic carboxylic acids is 1. The van der Waals surface area contributed by atoms with Crippen molar-refractivity contribution in [1.82, 2.24) is 4.90 Å². The molecule has 1 aromatic rings. The molecule has 22 heavy (non-hydrogen) atoms. The first-order chi connectivity index (χ1) is 10.3. The van der Waals surface area contributed by atoms with E-state index in [1.165, 1.54) is 12.1 Å². The van der Waals surface area contributed by atoms with E-state index in [0.29, 0.717) is 10.5 Å². The number of hydrogen-bond acceptors (Lipinski definition) is 6. The summed E-state index contributed by atoms with van der Waals surface area (Å²) in [5.41, 5.74) is 0.634. The van der Waals surface area contributed by atoms with Crippen molar-refractivity contribution >= 4 is 46.3 Å². The molecule has 1 amide bonds. The average Bonchev–Trinajstić information content (AvgIpc) is 2.66. The average molecular weight is 336 g/mol. The molecule has 0 bridgehead atoms. The van der Waals surface area contributed by atoms with Gasteiger partial charge in [0.2, 0.25) is 0 Å². The van der Waals surface area contributed by atoms with Crippen LogP contribution in [-0.4, -0.2) is 32.2 Å². The van der Waals surface area contributed by atoms with Gasteiger partial charge in [0.05, 0.1) is 16.9 Å². The summed E-state index contributed by atoms with van der Waals surface area (Å²) in [6.45, 7) is 3.38. The highest BCUT2D eigenvalue weighted by Crippen LogP contribution is 2.35. The Bertz CT molecular complexity index is 669. The van der Waals surface area contributed by atoms with Gasteiger partial charge in [-0.05, 0) is 29.7 Å². The van der Waals surface area contributed by atoms with Gasteiger partial charge in [0.1, 0.15) is 10.1 Å². The zero-order chi connectivity index (χ0) is 16.4. The molecule has 0 aliphatic carbocycles. The number of hydrogen-bond donors (Lipinski definition) is 1. The molecule has 5 nitrogen and oxygen atoms in total. The number of carboxylic acid groups (broad SMARTS) is 1. The van der Waals surface area contributed by atoms with E-state index < -0.39 is 17.9 Å². The number of carbonyl (C=O) groups is 2. The van der Waals surface area contributed by atoms with Crippen molar-refractivity contribution in [1.29, 1.82) is 0 Å². The van der Waals surface area contributed by atoms with Crippen molar-refractivity contribution in [2.75, 3.05) is 0 Å². The second-order valence-electron chi connectivity index (χ2n) is 5.15. The van der Waals surface area contributed by atoms with Gasteiger partial charge in [0.15, 0.2) is 0 Å². The fraction of sp³-hybridized carbons (Fsp3) is 0.267. The van der Waals surface area contributed by atoms with Crippen molar-refractivity contribution in [2.45, 2.75) is 19.9 Å². The van der Waals surface area contributed by atoms with Gasteiger partial charge in [-0.1, -0.05) is 50.0 Å². The molecule has 1 atom stereocenters. The monoisotopic (exact) mass is 336 g/mol. The highest BCUT2D eigenvalue weighted by atomic mass is 32.2. The molecule has 0 unspecified atom stereocenters. The van der Waals surface area contributed by atoms with E-state index >= 15 is 0 Å². The molecule has 1 aliphatic heterocycles. The second-order valence-corrected chi connectivity index (χ2v) is 6.83. The third kappa shape index (κ3) is 3.31. The number of benzene rings is 1. The predicted molar refractivity (Wildman–Crippen MR) is 86.8 cm³/mol. The topological polar surface area (TPSA) is 80.7 Å². The van der Waals surface area contributed by atoms with Crippen LogP contribution in [0.15, 0.2) is 29.2 Å². The Morgan fingerprint density at radius 3 is 2.68 bits per heavy atom. The quantitative estimate of drug-likeness (QED) is 0.661. The zero-order valence-corrected chi connectivity index (χ0v) is 13.6. The van der Waals surface area contributed by atoms with Crippen molar-refractivity contribution < 1.29 is 19.8 Å². The smallest absolute Gasteiger partial charge is 0.266 e. The van der Waals surface area contributed by atoms with E-state index in [1.54, 1.807) is 32.1 Å². The molecule has 1 N–H and O–H groups in total. The summed E-state index contributed by atoms with van der Waals surface area (Å²) in [7, 11) is 0. The third-order valence-electron chi connectivity index (χ3n) is 3.14. The van der Waals surface area contributed by atoms with Gasteiger partial charge in [-0.2, -0.15) is 0 Å². The minimum Gasteiger partial charge on any atom is -0.548 e. The lowest BCUT2D eigenvalue weighted by atomic mass is 10.0. The normalized spacial score (nSPS) is 18.3. The van der Waals surface area contributed by atoms with Crippen LogP contribution in [0.1, 0.15) is 19.4 Å². The Hall–Kier alpha value is -1.86. The minimum absolute atomic E-state index is 0.0824. The van der Waals surface area contributed by atoms with Crippen molar-refractivity contribution in [3.8, 4) is 5.75 Å². The Balaban J connectivity index is 2.34. The number of carboxylic acids is 1. The van der Waals surface area contributed by atoms with Crippen LogP contribution in [0.25, 0.3) is 6.08 Å². The highest BCUT2D eigenvalue weighted by Gasteiger charge is 2.38. The number of amides is 1. The van der Waals surface area contributed by atoms with E-state index in [2.05, 4.69) is 0 Å². The van der Waals surface area contributed by atoms with Crippen LogP contribution in [0.5, 0.6) is 5.75 Å². The van der Waals surface area contributed by atoms with E-state index in [-0.39, 0.29) is 16.0 Å². The number of carbonyl (C=O) groups excluding carboxylic acids is 2. The first kappa shape index (κ1) is 16.5. The lowest BCUT2D eigenvalue weighted by molar-refractivity contribution is -0.311. The first-order valence-corrected chi connectivity index (χ1v) is 7.80. The Labute approximate surface area is 137 Å². The summed E-state index contributed by atoms with van der Waals surface area (Å²) in [5, 5.41) is 20.7. The lowest BCUT2D eigenvalue weighted by Gasteiger charge is -2.30. The molecule has 1 aromatic carbocycles. The predicted octanol–water partition coefficient (Wildman–Crippen LogP) is 1.37. The molecule has 7 heteroatoms. The molecule has 0 spiro atoms.